The van der Waals surface area contributed by atoms with E-state index in [9.17, 15) is 18.8 Å². The van der Waals surface area contributed by atoms with Crippen LogP contribution in [0.4, 0.5) is 19.3 Å². The van der Waals surface area contributed by atoms with E-state index in [2.05, 4.69) is 4.99 Å². The summed E-state index contributed by atoms with van der Waals surface area (Å²) in [5, 5.41) is 9.43. The molecule has 0 aliphatic carbocycles. The quantitative estimate of drug-likeness (QED) is 0.513. The molecule has 0 bridgehead atoms. The first kappa shape index (κ1) is 24.2. The summed E-state index contributed by atoms with van der Waals surface area (Å²) in [6, 6.07) is 4.78. The van der Waals surface area contributed by atoms with Gasteiger partial charge in [-0.15, -0.1) is 0 Å². The molecule has 0 radical (unpaired) electrons. The van der Waals surface area contributed by atoms with E-state index >= 15 is 0 Å². The number of hydrogen-bond donors (Lipinski definition) is 0. The van der Waals surface area contributed by atoms with Gasteiger partial charge < -0.3 is 24.0 Å². The van der Waals surface area contributed by atoms with Crippen molar-refractivity contribution in [2.75, 3.05) is 34.3 Å². The minimum Gasteiger partial charge on any atom is -0.493 e. The van der Waals surface area contributed by atoms with Crippen LogP contribution in [0.1, 0.15) is 32.8 Å². The summed E-state index contributed by atoms with van der Waals surface area (Å²) in [6.45, 7) is 4.23. The van der Waals surface area contributed by atoms with Gasteiger partial charge in [0.05, 0.1) is 31.2 Å². The van der Waals surface area contributed by atoms with E-state index in [0.717, 1.165) is 4.90 Å². The molecule has 1 aromatic rings. The van der Waals surface area contributed by atoms with E-state index in [-0.39, 0.29) is 30.0 Å². The maximum atomic E-state index is 14.8. The van der Waals surface area contributed by atoms with Gasteiger partial charge in [0.25, 0.3) is 0 Å². The van der Waals surface area contributed by atoms with Crippen LogP contribution in [0.5, 0.6) is 11.5 Å². The number of benzene rings is 1. The van der Waals surface area contributed by atoms with Crippen molar-refractivity contribution in [3.05, 3.63) is 17.7 Å². The Labute approximate surface area is 181 Å². The van der Waals surface area contributed by atoms with Crippen LogP contribution in [0.15, 0.2) is 17.1 Å². The van der Waals surface area contributed by atoms with Crippen molar-refractivity contribution in [2.45, 2.75) is 44.8 Å². The minimum absolute atomic E-state index is 0.0123. The molecule has 1 unspecified atom stereocenters. The number of nitriles is 1. The number of nitrogens with zero attached hydrogens (tertiary/aromatic N) is 4. The molecule has 0 aromatic heterocycles. The maximum Gasteiger partial charge on any atom is 0.410 e. The fraction of sp³-hybridized carbons (Fsp3) is 0.571. The fourth-order valence-electron chi connectivity index (χ4n) is 2.88. The van der Waals surface area contributed by atoms with Gasteiger partial charge in [0.15, 0.2) is 17.6 Å². The zero-order chi connectivity index (χ0) is 23.4. The van der Waals surface area contributed by atoms with Crippen molar-refractivity contribution in [1.82, 2.24) is 9.80 Å². The predicted octanol–water partition coefficient (Wildman–Crippen LogP) is 3.81. The third-order valence-corrected chi connectivity index (χ3v) is 4.29. The Morgan fingerprint density at radius 1 is 1.35 bits per heavy atom. The number of ether oxygens (including phenoxy) is 3. The normalized spacial score (nSPS) is 18.4. The van der Waals surface area contributed by atoms with Gasteiger partial charge >= 0.3 is 12.0 Å². The molecule has 8 nitrogen and oxygen atoms in total. The Balaban J connectivity index is 2.22. The number of methoxy groups -OCH3 is 1. The summed E-state index contributed by atoms with van der Waals surface area (Å²) in [7, 11) is 4.92. The topological polar surface area (TPSA) is 87.4 Å². The van der Waals surface area contributed by atoms with Gasteiger partial charge in [0.1, 0.15) is 11.7 Å². The zero-order valence-corrected chi connectivity index (χ0v) is 18.6. The Hall–Kier alpha value is -3.09. The Bertz CT molecular complexity index is 875. The standard InChI is InChI=1S/C21H28F2N4O4/c1-20(2,3)31-19(28)27-8-7-18(21(22,23)12-27)30-17-9-14(11-24)15(10-16(17)29-6)25-13-26(4)5/h9-10,13,18H,7-8,12H2,1-6H3. The Morgan fingerprint density at radius 2 is 2.03 bits per heavy atom. The second-order valence-corrected chi connectivity index (χ2v) is 8.40. The molecule has 0 N–H and O–H groups in total. The molecule has 1 amide bonds. The van der Waals surface area contributed by atoms with E-state index in [1.165, 1.54) is 25.6 Å². The number of amides is 1. The zero-order valence-electron chi connectivity index (χ0n) is 18.6. The van der Waals surface area contributed by atoms with Gasteiger partial charge in [-0.3, -0.25) is 0 Å². The SMILES string of the molecule is COc1cc(N=CN(C)C)c(C#N)cc1OC1CCN(C(=O)OC(C)(C)C)CC1(F)F. The molecule has 0 saturated carbocycles. The van der Waals surface area contributed by atoms with Crippen LogP contribution in [0.25, 0.3) is 0 Å². The van der Waals surface area contributed by atoms with Crippen LogP contribution < -0.4 is 9.47 Å². The molecule has 10 heteroatoms. The second-order valence-electron chi connectivity index (χ2n) is 8.40. The number of hydrogen-bond acceptors (Lipinski definition) is 6. The lowest BCUT2D eigenvalue weighted by Gasteiger charge is -2.38. The third kappa shape index (κ3) is 6.44. The highest BCUT2D eigenvalue weighted by atomic mass is 19.3. The number of carbonyl (C=O) groups excluding carboxylic acids is 1. The molecular weight excluding hydrogens is 410 g/mol. The monoisotopic (exact) mass is 438 g/mol. The van der Waals surface area contributed by atoms with Crippen molar-refractivity contribution < 1.29 is 27.8 Å². The van der Waals surface area contributed by atoms with Crippen LogP contribution in [0.3, 0.4) is 0 Å². The van der Waals surface area contributed by atoms with Gasteiger partial charge in [-0.1, -0.05) is 0 Å². The lowest BCUT2D eigenvalue weighted by molar-refractivity contribution is -0.137. The van der Waals surface area contributed by atoms with Crippen molar-refractivity contribution in [2.24, 2.45) is 4.99 Å². The van der Waals surface area contributed by atoms with E-state index in [0.29, 0.717) is 5.69 Å². The largest absolute Gasteiger partial charge is 0.493 e. The predicted molar refractivity (Wildman–Crippen MR) is 111 cm³/mol. The number of piperidine rings is 1. The molecular formula is C21H28F2N4O4. The van der Waals surface area contributed by atoms with Crippen molar-refractivity contribution in [3.63, 3.8) is 0 Å². The Morgan fingerprint density at radius 3 is 2.55 bits per heavy atom. The lowest BCUT2D eigenvalue weighted by atomic mass is 10.0. The molecule has 1 atom stereocenters. The van der Waals surface area contributed by atoms with E-state index in [4.69, 9.17) is 14.2 Å². The second kappa shape index (κ2) is 9.37. The molecule has 1 aliphatic rings. The molecule has 1 aromatic carbocycles. The average molecular weight is 438 g/mol. The smallest absolute Gasteiger partial charge is 0.410 e. The van der Waals surface area contributed by atoms with E-state index < -0.39 is 30.3 Å². The number of likely N-dealkylation sites (tertiary alicyclic amines) is 1. The lowest BCUT2D eigenvalue weighted by Crippen LogP contribution is -2.56. The Kier molecular flexibility index (Phi) is 7.31. The number of rotatable bonds is 5. The highest BCUT2D eigenvalue weighted by molar-refractivity contribution is 5.69. The number of alkyl halides is 2. The first-order valence-electron chi connectivity index (χ1n) is 9.71. The van der Waals surface area contributed by atoms with E-state index in [1.54, 1.807) is 39.8 Å². The highest BCUT2D eigenvalue weighted by Crippen LogP contribution is 2.39. The van der Waals surface area contributed by atoms with Gasteiger partial charge in [-0.25, -0.2) is 18.6 Å². The van der Waals surface area contributed by atoms with Gasteiger partial charge in [-0.2, -0.15) is 5.26 Å². The van der Waals surface area contributed by atoms with Crippen LogP contribution >= 0.6 is 0 Å². The molecule has 170 valence electrons. The number of halogens is 2. The summed E-state index contributed by atoms with van der Waals surface area (Å²) in [5.41, 5.74) is -0.298. The van der Waals surface area contributed by atoms with Crippen LogP contribution in [0.2, 0.25) is 0 Å². The summed E-state index contributed by atoms with van der Waals surface area (Å²) in [5.74, 6) is -3.14. The fourth-order valence-corrected chi connectivity index (χ4v) is 2.88. The summed E-state index contributed by atoms with van der Waals surface area (Å²) in [4.78, 5) is 19.0. The van der Waals surface area contributed by atoms with Crippen LogP contribution in [-0.2, 0) is 4.74 Å². The van der Waals surface area contributed by atoms with Gasteiger partial charge in [0.2, 0.25) is 0 Å². The molecule has 1 aliphatic heterocycles. The van der Waals surface area contributed by atoms with Gasteiger partial charge in [0, 0.05) is 39.2 Å². The molecule has 1 saturated heterocycles. The van der Waals surface area contributed by atoms with Crippen molar-refractivity contribution >= 4 is 18.1 Å². The minimum atomic E-state index is -3.32. The summed E-state index contributed by atoms with van der Waals surface area (Å²) >= 11 is 0. The van der Waals surface area contributed by atoms with Crippen LogP contribution in [0, 0.1) is 11.3 Å². The molecule has 0 spiro atoms. The van der Waals surface area contributed by atoms with Crippen molar-refractivity contribution in [3.8, 4) is 17.6 Å². The first-order valence-corrected chi connectivity index (χ1v) is 9.71. The third-order valence-electron chi connectivity index (χ3n) is 4.29. The maximum absolute atomic E-state index is 14.8. The van der Waals surface area contributed by atoms with Crippen LogP contribution in [-0.4, -0.2) is 74.2 Å². The molecule has 31 heavy (non-hydrogen) atoms. The molecule has 1 heterocycles. The molecule has 2 rings (SSSR count). The average Bonchev–Trinajstić information content (AvgIpc) is 2.66. The van der Waals surface area contributed by atoms with Crippen molar-refractivity contribution in [1.29, 1.82) is 5.26 Å². The van der Waals surface area contributed by atoms with Gasteiger partial charge in [-0.05, 0) is 20.8 Å². The van der Waals surface area contributed by atoms with E-state index in [1.807, 2.05) is 6.07 Å². The summed E-state index contributed by atoms with van der Waals surface area (Å²) in [6.07, 6.45) is -0.894. The number of aliphatic imine (C=N–C) groups is 1. The number of carbonyl (C=O) groups is 1. The highest BCUT2D eigenvalue weighted by Gasteiger charge is 2.48. The summed E-state index contributed by atoms with van der Waals surface area (Å²) < 4.78 is 45.6. The first-order chi connectivity index (χ1) is 14.4. The molecule has 1 fully saturated rings.